The first-order valence-electron chi connectivity index (χ1n) is 8.74. The quantitative estimate of drug-likeness (QED) is 0.901. The Hall–Kier alpha value is -3.14. The minimum atomic E-state index is -0.941. The van der Waals surface area contributed by atoms with Gasteiger partial charge in [0.15, 0.2) is 11.6 Å². The number of piperazine rings is 1. The van der Waals surface area contributed by atoms with Crippen LogP contribution in [0.2, 0.25) is 0 Å². The van der Waals surface area contributed by atoms with Crippen molar-refractivity contribution in [1.82, 2.24) is 10.2 Å². The molecule has 5 nitrogen and oxygen atoms in total. The Morgan fingerprint density at radius 3 is 2.52 bits per heavy atom. The van der Waals surface area contributed by atoms with Crippen molar-refractivity contribution in [3.05, 3.63) is 65.2 Å². The van der Waals surface area contributed by atoms with Crippen LogP contribution in [0.15, 0.2) is 42.5 Å². The molecule has 0 radical (unpaired) electrons. The van der Waals surface area contributed by atoms with Gasteiger partial charge in [0.1, 0.15) is 6.07 Å². The van der Waals surface area contributed by atoms with Gasteiger partial charge in [0.2, 0.25) is 0 Å². The summed E-state index contributed by atoms with van der Waals surface area (Å²) in [7, 11) is 0. The lowest BCUT2D eigenvalue weighted by Gasteiger charge is -2.36. The average molecular weight is 370 g/mol. The smallest absolute Gasteiger partial charge is 0.317 e. The number of para-hydroxylation sites is 1. The van der Waals surface area contributed by atoms with Crippen molar-refractivity contribution in [3.63, 3.8) is 0 Å². The van der Waals surface area contributed by atoms with Gasteiger partial charge in [-0.05, 0) is 25.1 Å². The van der Waals surface area contributed by atoms with Crippen molar-refractivity contribution in [3.8, 4) is 6.07 Å². The standard InChI is InChI=1S/C20H20F2N4O/c1-14(16-6-4-7-17(21)19(16)22)24-20(27)26-11-9-25(10-12-26)18-8-3-2-5-15(18)13-23/h2-8,14H,9-12H2,1H3,(H,24,27). The number of carbonyl (C=O) groups is 1. The fourth-order valence-electron chi connectivity index (χ4n) is 3.20. The number of benzene rings is 2. The summed E-state index contributed by atoms with van der Waals surface area (Å²) >= 11 is 0. The molecule has 0 spiro atoms. The molecule has 0 aromatic heterocycles. The molecule has 0 aliphatic carbocycles. The van der Waals surface area contributed by atoms with Gasteiger partial charge in [0.25, 0.3) is 0 Å². The van der Waals surface area contributed by atoms with Gasteiger partial charge in [0.05, 0.1) is 17.3 Å². The molecule has 3 rings (SSSR count). The van der Waals surface area contributed by atoms with Gasteiger partial charge in [0, 0.05) is 31.7 Å². The Morgan fingerprint density at radius 1 is 1.11 bits per heavy atom. The SMILES string of the molecule is CC(NC(=O)N1CCN(c2ccccc2C#N)CC1)c1cccc(F)c1F. The van der Waals surface area contributed by atoms with Crippen molar-refractivity contribution in [2.45, 2.75) is 13.0 Å². The zero-order valence-electron chi connectivity index (χ0n) is 15.0. The highest BCUT2D eigenvalue weighted by atomic mass is 19.2. The first-order chi connectivity index (χ1) is 13.0. The number of nitrogens with zero attached hydrogens (tertiary/aromatic N) is 3. The molecule has 1 aliphatic rings. The van der Waals surface area contributed by atoms with Crippen molar-refractivity contribution >= 4 is 11.7 Å². The monoisotopic (exact) mass is 370 g/mol. The maximum atomic E-state index is 13.9. The molecule has 27 heavy (non-hydrogen) atoms. The molecular weight excluding hydrogens is 350 g/mol. The van der Waals surface area contributed by atoms with Crippen LogP contribution in [0.1, 0.15) is 24.1 Å². The molecule has 1 N–H and O–H groups in total. The summed E-state index contributed by atoms with van der Waals surface area (Å²) in [5.41, 5.74) is 1.57. The number of anilines is 1. The summed E-state index contributed by atoms with van der Waals surface area (Å²) < 4.78 is 27.3. The normalized spacial score (nSPS) is 15.2. The Kier molecular flexibility index (Phi) is 5.55. The molecule has 2 amide bonds. The number of rotatable bonds is 3. The molecule has 0 saturated carbocycles. The highest BCUT2D eigenvalue weighted by Gasteiger charge is 2.24. The highest BCUT2D eigenvalue weighted by molar-refractivity contribution is 5.75. The third-order valence-corrected chi connectivity index (χ3v) is 4.72. The number of amides is 2. The maximum Gasteiger partial charge on any atom is 0.317 e. The van der Waals surface area contributed by atoms with E-state index in [0.717, 1.165) is 11.8 Å². The lowest BCUT2D eigenvalue weighted by Crippen LogP contribution is -2.52. The molecule has 2 aromatic rings. The van der Waals surface area contributed by atoms with Crippen LogP contribution in [-0.2, 0) is 0 Å². The molecule has 1 unspecified atom stereocenters. The summed E-state index contributed by atoms with van der Waals surface area (Å²) in [4.78, 5) is 16.2. The molecule has 1 atom stereocenters. The van der Waals surface area contributed by atoms with Crippen LogP contribution in [0.25, 0.3) is 0 Å². The third-order valence-electron chi connectivity index (χ3n) is 4.72. The topological polar surface area (TPSA) is 59.4 Å². The summed E-state index contributed by atoms with van der Waals surface area (Å²) in [5.74, 6) is -1.87. The Balaban J connectivity index is 1.60. The van der Waals surface area contributed by atoms with Crippen LogP contribution in [-0.4, -0.2) is 37.1 Å². The second kappa shape index (κ2) is 8.04. The number of halogens is 2. The van der Waals surface area contributed by atoms with E-state index in [1.165, 1.54) is 12.1 Å². The van der Waals surface area contributed by atoms with Crippen LogP contribution >= 0.6 is 0 Å². The highest BCUT2D eigenvalue weighted by Crippen LogP contribution is 2.22. The number of urea groups is 1. The van der Waals surface area contributed by atoms with E-state index in [4.69, 9.17) is 0 Å². The minimum absolute atomic E-state index is 0.116. The number of nitriles is 1. The third kappa shape index (κ3) is 4.00. The Labute approximate surface area is 156 Å². The predicted octanol–water partition coefficient (Wildman–Crippen LogP) is 3.43. The molecule has 1 fully saturated rings. The van der Waals surface area contributed by atoms with E-state index < -0.39 is 17.7 Å². The second-order valence-corrected chi connectivity index (χ2v) is 6.42. The average Bonchev–Trinajstić information content (AvgIpc) is 2.70. The lowest BCUT2D eigenvalue weighted by atomic mass is 10.1. The number of hydrogen-bond acceptors (Lipinski definition) is 3. The Bertz CT molecular complexity index is 873. The first kappa shape index (κ1) is 18.6. The van der Waals surface area contributed by atoms with Gasteiger partial charge < -0.3 is 15.1 Å². The molecular formula is C20H20F2N4O. The van der Waals surface area contributed by atoms with Crippen LogP contribution in [0.3, 0.4) is 0 Å². The zero-order chi connectivity index (χ0) is 19.4. The fraction of sp³-hybridized carbons (Fsp3) is 0.300. The van der Waals surface area contributed by atoms with Crippen LogP contribution < -0.4 is 10.2 Å². The van der Waals surface area contributed by atoms with E-state index in [0.29, 0.717) is 31.7 Å². The van der Waals surface area contributed by atoms with E-state index in [1.807, 2.05) is 18.2 Å². The maximum absolute atomic E-state index is 13.9. The summed E-state index contributed by atoms with van der Waals surface area (Å²) in [6, 6.07) is 12.5. The fourth-order valence-corrected chi connectivity index (χ4v) is 3.20. The number of nitrogens with one attached hydrogen (secondary N) is 1. The molecule has 1 heterocycles. The van der Waals surface area contributed by atoms with Crippen molar-refractivity contribution in [2.75, 3.05) is 31.1 Å². The first-order valence-corrected chi connectivity index (χ1v) is 8.74. The molecule has 0 bridgehead atoms. The minimum Gasteiger partial charge on any atom is -0.367 e. The Morgan fingerprint density at radius 2 is 1.81 bits per heavy atom. The number of hydrogen-bond donors (Lipinski definition) is 1. The molecule has 140 valence electrons. The van der Waals surface area contributed by atoms with Gasteiger partial charge in [-0.1, -0.05) is 24.3 Å². The van der Waals surface area contributed by atoms with Crippen LogP contribution in [0.5, 0.6) is 0 Å². The molecule has 1 saturated heterocycles. The number of carbonyl (C=O) groups excluding carboxylic acids is 1. The van der Waals surface area contributed by atoms with Crippen LogP contribution in [0, 0.1) is 23.0 Å². The van der Waals surface area contributed by atoms with Crippen LogP contribution in [0.4, 0.5) is 19.3 Å². The van der Waals surface area contributed by atoms with E-state index >= 15 is 0 Å². The van der Waals surface area contributed by atoms with Gasteiger partial charge >= 0.3 is 6.03 Å². The van der Waals surface area contributed by atoms with E-state index in [9.17, 15) is 18.8 Å². The molecule has 7 heteroatoms. The van der Waals surface area contributed by atoms with Crippen molar-refractivity contribution in [1.29, 1.82) is 5.26 Å². The van der Waals surface area contributed by atoms with Gasteiger partial charge in [-0.25, -0.2) is 13.6 Å². The second-order valence-electron chi connectivity index (χ2n) is 6.42. The van der Waals surface area contributed by atoms with E-state index in [1.54, 1.807) is 17.9 Å². The van der Waals surface area contributed by atoms with Gasteiger partial charge in [-0.3, -0.25) is 0 Å². The largest absolute Gasteiger partial charge is 0.367 e. The summed E-state index contributed by atoms with van der Waals surface area (Å²) in [6.07, 6.45) is 0. The van der Waals surface area contributed by atoms with Crippen molar-refractivity contribution < 1.29 is 13.6 Å². The van der Waals surface area contributed by atoms with Crippen molar-refractivity contribution in [2.24, 2.45) is 0 Å². The summed E-state index contributed by atoms with van der Waals surface area (Å²) in [5, 5.41) is 12.0. The lowest BCUT2D eigenvalue weighted by molar-refractivity contribution is 0.191. The molecule has 1 aliphatic heterocycles. The predicted molar refractivity (Wildman–Crippen MR) is 98.2 cm³/mol. The van der Waals surface area contributed by atoms with E-state index in [2.05, 4.69) is 16.3 Å². The van der Waals surface area contributed by atoms with Gasteiger partial charge in [-0.15, -0.1) is 0 Å². The summed E-state index contributed by atoms with van der Waals surface area (Å²) in [6.45, 7) is 3.76. The molecule has 2 aromatic carbocycles. The van der Waals surface area contributed by atoms with E-state index in [-0.39, 0.29) is 11.6 Å². The van der Waals surface area contributed by atoms with Gasteiger partial charge in [-0.2, -0.15) is 5.26 Å². The zero-order valence-corrected chi connectivity index (χ0v) is 15.0.